The maximum Gasteiger partial charge on any atom is 0.0630 e. The van der Waals surface area contributed by atoms with Crippen molar-refractivity contribution in [1.29, 1.82) is 0 Å². The third kappa shape index (κ3) is 3.12. The average Bonchev–Trinajstić information content (AvgIpc) is 2.59. The molecule has 4 N–H and O–H groups in total. The molecule has 0 heterocycles. The summed E-state index contributed by atoms with van der Waals surface area (Å²) in [7, 11) is 0. The van der Waals surface area contributed by atoms with Gasteiger partial charge in [-0.1, -0.05) is 55.7 Å². The van der Waals surface area contributed by atoms with Crippen molar-refractivity contribution in [3.05, 3.63) is 60.2 Å². The van der Waals surface area contributed by atoms with Gasteiger partial charge in [0.2, 0.25) is 0 Å². The van der Waals surface area contributed by atoms with Gasteiger partial charge in [-0.2, -0.15) is 0 Å². The Morgan fingerprint density at radius 1 is 1.04 bits per heavy atom. The molecular weight excluding hydrogens is 280 g/mol. The molecule has 0 unspecified atom stereocenters. The molecule has 0 radical (unpaired) electrons. The van der Waals surface area contributed by atoms with Gasteiger partial charge < -0.3 is 11.5 Å². The lowest BCUT2D eigenvalue weighted by molar-refractivity contribution is 0.443. The van der Waals surface area contributed by atoms with Gasteiger partial charge in [-0.05, 0) is 47.9 Å². The molecule has 0 spiro atoms. The number of nitrogen functional groups attached to an aromatic ring is 2. The molecule has 2 nitrogen and oxygen atoms in total. The normalized spacial score (nSPS) is 15.5. The second-order valence-corrected chi connectivity index (χ2v) is 6.52. The van der Waals surface area contributed by atoms with Gasteiger partial charge in [-0.15, -0.1) is 6.58 Å². The van der Waals surface area contributed by atoms with Crippen molar-refractivity contribution < 1.29 is 0 Å². The Kier molecular flexibility index (Phi) is 4.71. The van der Waals surface area contributed by atoms with Crippen molar-refractivity contribution in [2.75, 3.05) is 11.5 Å². The van der Waals surface area contributed by atoms with Crippen LogP contribution >= 0.6 is 0 Å². The van der Waals surface area contributed by atoms with Gasteiger partial charge >= 0.3 is 0 Å². The van der Waals surface area contributed by atoms with E-state index in [1.165, 1.54) is 48.8 Å². The lowest BCUT2D eigenvalue weighted by atomic mass is 9.77. The Bertz CT molecular complexity index is 683. The molecule has 2 heteroatoms. The standard InChI is InChI=1S/C21H26N2/c1-2-9-17-14-18(22)21(23)20(16-12-7-4-8-13-16)19(17)15-10-5-3-6-11-15/h2,4,7-8,12-15H,1,3,5-6,9-11,22-23H2. The summed E-state index contributed by atoms with van der Waals surface area (Å²) in [6, 6.07) is 12.5. The molecule has 0 amide bonds. The van der Waals surface area contributed by atoms with Gasteiger partial charge in [0.25, 0.3) is 0 Å². The zero-order valence-corrected chi connectivity index (χ0v) is 13.7. The van der Waals surface area contributed by atoms with Crippen molar-refractivity contribution in [3.8, 4) is 11.1 Å². The second-order valence-electron chi connectivity index (χ2n) is 6.52. The van der Waals surface area contributed by atoms with Gasteiger partial charge in [0.15, 0.2) is 0 Å². The Hall–Kier alpha value is -2.22. The molecule has 2 aromatic rings. The maximum absolute atomic E-state index is 6.44. The van der Waals surface area contributed by atoms with E-state index < -0.39 is 0 Å². The highest BCUT2D eigenvalue weighted by Crippen LogP contribution is 2.44. The van der Waals surface area contributed by atoms with Crippen LogP contribution in [-0.4, -0.2) is 0 Å². The number of hydrogen-bond acceptors (Lipinski definition) is 2. The van der Waals surface area contributed by atoms with Crippen LogP contribution in [0.3, 0.4) is 0 Å². The molecular formula is C21H26N2. The zero-order chi connectivity index (χ0) is 16.2. The monoisotopic (exact) mass is 306 g/mol. The summed E-state index contributed by atoms with van der Waals surface area (Å²) < 4.78 is 0. The molecule has 0 bridgehead atoms. The first-order chi connectivity index (χ1) is 11.2. The van der Waals surface area contributed by atoms with Crippen LogP contribution in [0.15, 0.2) is 49.1 Å². The molecule has 0 saturated heterocycles. The fraction of sp³-hybridized carbons (Fsp3) is 0.333. The van der Waals surface area contributed by atoms with Gasteiger partial charge in [0.1, 0.15) is 0 Å². The molecule has 1 fully saturated rings. The van der Waals surface area contributed by atoms with Crippen molar-refractivity contribution in [2.45, 2.75) is 44.4 Å². The van der Waals surface area contributed by atoms with Crippen LogP contribution in [0.5, 0.6) is 0 Å². The van der Waals surface area contributed by atoms with Crippen molar-refractivity contribution in [2.24, 2.45) is 0 Å². The molecule has 0 aliphatic heterocycles. The Morgan fingerprint density at radius 2 is 1.74 bits per heavy atom. The van der Waals surface area contributed by atoms with Crippen LogP contribution in [-0.2, 0) is 6.42 Å². The number of anilines is 2. The number of benzene rings is 2. The van der Waals surface area contributed by atoms with E-state index in [9.17, 15) is 0 Å². The molecule has 2 aromatic carbocycles. The summed E-state index contributed by atoms with van der Waals surface area (Å²) in [5, 5.41) is 0. The largest absolute Gasteiger partial charge is 0.397 e. The minimum absolute atomic E-state index is 0.580. The summed E-state index contributed by atoms with van der Waals surface area (Å²) in [6.07, 6.45) is 9.24. The SMILES string of the molecule is C=CCc1cc(N)c(N)c(-c2ccccc2)c1C1CCCCC1. The van der Waals surface area contributed by atoms with E-state index in [0.29, 0.717) is 11.6 Å². The van der Waals surface area contributed by atoms with Gasteiger partial charge in [0, 0.05) is 5.56 Å². The summed E-state index contributed by atoms with van der Waals surface area (Å²) >= 11 is 0. The van der Waals surface area contributed by atoms with Gasteiger partial charge in [0.05, 0.1) is 11.4 Å². The van der Waals surface area contributed by atoms with Crippen molar-refractivity contribution in [3.63, 3.8) is 0 Å². The van der Waals surface area contributed by atoms with Crippen LogP contribution in [0.1, 0.15) is 49.1 Å². The molecule has 0 atom stereocenters. The molecule has 1 aliphatic carbocycles. The van der Waals surface area contributed by atoms with E-state index in [2.05, 4.69) is 36.9 Å². The highest BCUT2D eigenvalue weighted by molar-refractivity contribution is 5.88. The van der Waals surface area contributed by atoms with E-state index in [-0.39, 0.29) is 0 Å². The fourth-order valence-corrected chi connectivity index (χ4v) is 3.89. The molecule has 3 rings (SSSR count). The zero-order valence-electron chi connectivity index (χ0n) is 13.7. The van der Waals surface area contributed by atoms with Crippen LogP contribution in [0.2, 0.25) is 0 Å². The lowest BCUT2D eigenvalue weighted by Gasteiger charge is -2.28. The van der Waals surface area contributed by atoms with Crippen LogP contribution in [0.25, 0.3) is 11.1 Å². The predicted octanol–water partition coefficient (Wildman–Crippen LogP) is 5.29. The number of hydrogen-bond donors (Lipinski definition) is 2. The first-order valence-electron chi connectivity index (χ1n) is 8.59. The molecule has 120 valence electrons. The quantitative estimate of drug-likeness (QED) is 0.595. The third-order valence-corrected chi connectivity index (χ3v) is 4.97. The lowest BCUT2D eigenvalue weighted by Crippen LogP contribution is -2.12. The Labute approximate surface area is 139 Å². The van der Waals surface area contributed by atoms with Crippen LogP contribution in [0, 0.1) is 0 Å². The highest BCUT2D eigenvalue weighted by atomic mass is 14.7. The number of allylic oxidation sites excluding steroid dienone is 1. The fourth-order valence-electron chi connectivity index (χ4n) is 3.89. The number of nitrogens with two attached hydrogens (primary N) is 2. The first kappa shape index (κ1) is 15.7. The summed E-state index contributed by atoms with van der Waals surface area (Å²) in [6.45, 7) is 3.92. The summed E-state index contributed by atoms with van der Waals surface area (Å²) in [5.74, 6) is 0.580. The third-order valence-electron chi connectivity index (χ3n) is 4.97. The van der Waals surface area contributed by atoms with Gasteiger partial charge in [-0.3, -0.25) is 0 Å². The molecule has 1 saturated carbocycles. The van der Waals surface area contributed by atoms with E-state index in [1.54, 1.807) is 0 Å². The molecule has 23 heavy (non-hydrogen) atoms. The maximum atomic E-state index is 6.44. The average molecular weight is 306 g/mol. The minimum Gasteiger partial charge on any atom is -0.397 e. The summed E-state index contributed by atoms with van der Waals surface area (Å²) in [5.41, 5.74) is 19.1. The van der Waals surface area contributed by atoms with Crippen LogP contribution in [0.4, 0.5) is 11.4 Å². The van der Waals surface area contributed by atoms with E-state index >= 15 is 0 Å². The van der Waals surface area contributed by atoms with Gasteiger partial charge in [-0.25, -0.2) is 0 Å². The molecule has 0 aromatic heterocycles. The highest BCUT2D eigenvalue weighted by Gasteiger charge is 2.24. The van der Waals surface area contributed by atoms with E-state index in [1.807, 2.05) is 12.1 Å². The van der Waals surface area contributed by atoms with E-state index in [4.69, 9.17) is 11.5 Å². The number of rotatable bonds is 4. The smallest absolute Gasteiger partial charge is 0.0630 e. The first-order valence-corrected chi connectivity index (χ1v) is 8.59. The minimum atomic E-state index is 0.580. The topological polar surface area (TPSA) is 52.0 Å². The Morgan fingerprint density at radius 3 is 2.39 bits per heavy atom. The predicted molar refractivity (Wildman–Crippen MR) is 100 cm³/mol. The summed E-state index contributed by atoms with van der Waals surface area (Å²) in [4.78, 5) is 0. The van der Waals surface area contributed by atoms with E-state index in [0.717, 1.165) is 17.7 Å². The van der Waals surface area contributed by atoms with Crippen LogP contribution < -0.4 is 11.5 Å². The second kappa shape index (κ2) is 6.91. The van der Waals surface area contributed by atoms with Crippen molar-refractivity contribution >= 4 is 11.4 Å². The van der Waals surface area contributed by atoms with Crippen molar-refractivity contribution in [1.82, 2.24) is 0 Å². The molecule has 1 aliphatic rings. The Balaban J connectivity index is 2.23.